The number of anilines is 1. The summed E-state index contributed by atoms with van der Waals surface area (Å²) < 4.78 is 5.31. The number of nitrogens with one attached hydrogen (secondary N) is 1. The van der Waals surface area contributed by atoms with Crippen LogP contribution in [0.1, 0.15) is 32.3 Å². The highest BCUT2D eigenvalue weighted by Gasteiger charge is 2.27. The Kier molecular flexibility index (Phi) is 7.46. The average Bonchev–Trinajstić information content (AvgIpc) is 2.58. The van der Waals surface area contributed by atoms with Crippen LogP contribution in [0, 0.1) is 6.92 Å². The van der Waals surface area contributed by atoms with Gasteiger partial charge in [0.1, 0.15) is 0 Å². The fraction of sp³-hybridized carbons (Fsp3) is 0.632. The van der Waals surface area contributed by atoms with Crippen LogP contribution >= 0.6 is 12.2 Å². The van der Waals surface area contributed by atoms with E-state index in [-0.39, 0.29) is 0 Å². The van der Waals surface area contributed by atoms with Crippen molar-refractivity contribution in [2.75, 3.05) is 38.7 Å². The molecule has 0 radical (unpaired) electrons. The Bertz CT molecular complexity index is 527. The van der Waals surface area contributed by atoms with Gasteiger partial charge < -0.3 is 19.9 Å². The van der Waals surface area contributed by atoms with E-state index < -0.39 is 0 Å². The molecule has 5 heteroatoms. The van der Waals surface area contributed by atoms with E-state index in [1.165, 1.54) is 5.56 Å². The highest BCUT2D eigenvalue weighted by molar-refractivity contribution is 7.80. The first-order valence-electron chi connectivity index (χ1n) is 8.89. The second-order valence-corrected chi connectivity index (χ2v) is 7.18. The van der Waals surface area contributed by atoms with Gasteiger partial charge in [0, 0.05) is 44.5 Å². The van der Waals surface area contributed by atoms with Gasteiger partial charge in [0.25, 0.3) is 0 Å². The summed E-state index contributed by atoms with van der Waals surface area (Å²) in [6, 6.07) is 9.38. The third kappa shape index (κ3) is 5.16. The Labute approximate surface area is 152 Å². The zero-order chi connectivity index (χ0) is 17.5. The third-order valence-electron chi connectivity index (χ3n) is 4.85. The first kappa shape index (κ1) is 19.2. The predicted molar refractivity (Wildman–Crippen MR) is 106 cm³/mol. The fourth-order valence-corrected chi connectivity index (χ4v) is 3.60. The van der Waals surface area contributed by atoms with Crippen LogP contribution in [0.15, 0.2) is 24.3 Å². The van der Waals surface area contributed by atoms with Crippen LogP contribution in [-0.2, 0) is 4.74 Å². The summed E-state index contributed by atoms with van der Waals surface area (Å²) in [6.45, 7) is 10.4. The Morgan fingerprint density at radius 2 is 2.00 bits per heavy atom. The van der Waals surface area contributed by atoms with Crippen molar-refractivity contribution in [2.24, 2.45) is 0 Å². The van der Waals surface area contributed by atoms with Gasteiger partial charge in [-0.2, -0.15) is 0 Å². The average molecular weight is 350 g/mol. The van der Waals surface area contributed by atoms with Gasteiger partial charge in [-0.15, -0.1) is 0 Å². The summed E-state index contributed by atoms with van der Waals surface area (Å²) in [5, 5.41) is 4.25. The monoisotopic (exact) mass is 349 g/mol. The molecule has 1 aromatic rings. The minimum atomic E-state index is 0.485. The number of thiocarbonyl (C=S) groups is 1. The lowest BCUT2D eigenvalue weighted by Crippen LogP contribution is -2.50. The molecular formula is C19H31N3OS. The van der Waals surface area contributed by atoms with Crippen molar-refractivity contribution in [3.05, 3.63) is 29.8 Å². The van der Waals surface area contributed by atoms with E-state index in [1.807, 2.05) is 12.1 Å². The van der Waals surface area contributed by atoms with Crippen LogP contribution in [0.4, 0.5) is 5.69 Å². The Morgan fingerprint density at radius 3 is 2.58 bits per heavy atom. The number of piperidine rings is 1. The number of aryl methyl sites for hydroxylation is 1. The van der Waals surface area contributed by atoms with Gasteiger partial charge in [0.15, 0.2) is 5.11 Å². The second kappa shape index (κ2) is 9.35. The molecule has 1 N–H and O–H groups in total. The molecule has 0 aliphatic carbocycles. The number of hydrogen-bond acceptors (Lipinski definition) is 3. The molecule has 0 saturated carbocycles. The summed E-state index contributed by atoms with van der Waals surface area (Å²) >= 11 is 5.74. The summed E-state index contributed by atoms with van der Waals surface area (Å²) in [5.41, 5.74) is 2.30. The zero-order valence-electron chi connectivity index (χ0n) is 15.4. The molecule has 1 aliphatic heterocycles. The first-order valence-corrected chi connectivity index (χ1v) is 9.30. The van der Waals surface area contributed by atoms with Crippen molar-refractivity contribution in [3.63, 3.8) is 0 Å². The first-order chi connectivity index (χ1) is 11.5. The molecule has 2 rings (SSSR count). The SMILES string of the molecule is COCCN(C(=S)Nc1ccccc1C)C1CCN(C(C)C)CC1. The molecule has 0 atom stereocenters. The van der Waals surface area contributed by atoms with Gasteiger partial charge in [-0.1, -0.05) is 18.2 Å². The van der Waals surface area contributed by atoms with Gasteiger partial charge in [-0.05, 0) is 57.5 Å². The Balaban J connectivity index is 2.02. The van der Waals surface area contributed by atoms with Crippen LogP contribution in [0.3, 0.4) is 0 Å². The quantitative estimate of drug-likeness (QED) is 0.794. The maximum Gasteiger partial charge on any atom is 0.173 e. The van der Waals surface area contributed by atoms with Gasteiger partial charge in [0.05, 0.1) is 6.61 Å². The minimum Gasteiger partial charge on any atom is -0.383 e. The van der Waals surface area contributed by atoms with Gasteiger partial charge in [-0.25, -0.2) is 0 Å². The lowest BCUT2D eigenvalue weighted by Gasteiger charge is -2.41. The third-order valence-corrected chi connectivity index (χ3v) is 5.19. The summed E-state index contributed by atoms with van der Waals surface area (Å²) in [7, 11) is 1.75. The van der Waals surface area contributed by atoms with E-state index in [4.69, 9.17) is 17.0 Å². The molecule has 0 spiro atoms. The maximum atomic E-state index is 5.74. The molecule has 24 heavy (non-hydrogen) atoms. The molecule has 4 nitrogen and oxygen atoms in total. The molecule has 0 amide bonds. The second-order valence-electron chi connectivity index (χ2n) is 6.79. The van der Waals surface area contributed by atoms with E-state index in [1.54, 1.807) is 7.11 Å². The largest absolute Gasteiger partial charge is 0.383 e. The summed E-state index contributed by atoms with van der Waals surface area (Å²) in [4.78, 5) is 4.87. The van der Waals surface area contributed by atoms with Gasteiger partial charge in [0.2, 0.25) is 0 Å². The number of likely N-dealkylation sites (tertiary alicyclic amines) is 1. The van der Waals surface area contributed by atoms with Crippen molar-refractivity contribution in [3.8, 4) is 0 Å². The molecule has 0 bridgehead atoms. The Hall–Kier alpha value is -1.17. The van der Waals surface area contributed by atoms with Crippen molar-refractivity contribution in [1.29, 1.82) is 0 Å². The molecule has 0 aromatic heterocycles. The number of benzene rings is 1. The lowest BCUT2D eigenvalue weighted by molar-refractivity contribution is 0.108. The molecule has 0 unspecified atom stereocenters. The van der Waals surface area contributed by atoms with Crippen molar-refractivity contribution >= 4 is 23.0 Å². The molecule has 1 saturated heterocycles. The van der Waals surface area contributed by atoms with Crippen LogP contribution < -0.4 is 5.32 Å². The number of nitrogens with zero attached hydrogens (tertiary/aromatic N) is 2. The van der Waals surface area contributed by atoms with E-state index in [9.17, 15) is 0 Å². The number of ether oxygens (including phenoxy) is 1. The molecule has 1 aliphatic rings. The van der Waals surface area contributed by atoms with E-state index in [0.717, 1.165) is 43.3 Å². The topological polar surface area (TPSA) is 27.7 Å². The normalized spacial score (nSPS) is 16.4. The number of para-hydroxylation sites is 1. The maximum absolute atomic E-state index is 5.74. The fourth-order valence-electron chi connectivity index (χ4n) is 3.25. The van der Waals surface area contributed by atoms with Crippen LogP contribution in [0.2, 0.25) is 0 Å². The van der Waals surface area contributed by atoms with Crippen LogP contribution in [0.5, 0.6) is 0 Å². The molecule has 1 aromatic carbocycles. The van der Waals surface area contributed by atoms with Crippen LogP contribution in [0.25, 0.3) is 0 Å². The number of rotatable bonds is 6. The highest BCUT2D eigenvalue weighted by Crippen LogP contribution is 2.20. The molecule has 134 valence electrons. The van der Waals surface area contributed by atoms with Gasteiger partial charge in [-0.3, -0.25) is 0 Å². The summed E-state index contributed by atoms with van der Waals surface area (Å²) in [5.74, 6) is 0. The highest BCUT2D eigenvalue weighted by atomic mass is 32.1. The Morgan fingerprint density at radius 1 is 1.33 bits per heavy atom. The van der Waals surface area contributed by atoms with Crippen molar-refractivity contribution < 1.29 is 4.74 Å². The zero-order valence-corrected chi connectivity index (χ0v) is 16.2. The predicted octanol–water partition coefficient (Wildman–Crippen LogP) is 3.51. The summed E-state index contributed by atoms with van der Waals surface area (Å²) in [6.07, 6.45) is 2.30. The lowest BCUT2D eigenvalue weighted by atomic mass is 10.0. The van der Waals surface area contributed by atoms with E-state index >= 15 is 0 Å². The van der Waals surface area contributed by atoms with Crippen molar-refractivity contribution in [1.82, 2.24) is 9.80 Å². The van der Waals surface area contributed by atoms with Crippen LogP contribution in [-0.4, -0.2) is 60.3 Å². The standard InChI is InChI=1S/C19H31N3OS/c1-15(2)21-11-9-17(10-12-21)22(13-14-23-4)19(24)20-18-8-6-5-7-16(18)3/h5-8,15,17H,9-14H2,1-4H3,(H,20,24). The number of methoxy groups -OCH3 is 1. The molecule has 1 fully saturated rings. The van der Waals surface area contributed by atoms with Gasteiger partial charge >= 0.3 is 0 Å². The molecular weight excluding hydrogens is 318 g/mol. The smallest absolute Gasteiger partial charge is 0.173 e. The molecule has 1 heterocycles. The minimum absolute atomic E-state index is 0.485. The van der Waals surface area contributed by atoms with Crippen molar-refractivity contribution in [2.45, 2.75) is 45.7 Å². The van der Waals surface area contributed by atoms with E-state index in [2.05, 4.69) is 48.0 Å². The van der Waals surface area contributed by atoms with E-state index in [0.29, 0.717) is 18.7 Å². The number of hydrogen-bond donors (Lipinski definition) is 1.